The number of nitrogens with two attached hydrogens (primary N) is 1. The van der Waals surface area contributed by atoms with E-state index in [4.69, 9.17) is 5.73 Å². The van der Waals surface area contributed by atoms with E-state index in [0.29, 0.717) is 0 Å². The van der Waals surface area contributed by atoms with Gasteiger partial charge in [-0.05, 0) is 12.6 Å². The van der Waals surface area contributed by atoms with Gasteiger partial charge in [0.1, 0.15) is 6.04 Å². The highest BCUT2D eigenvalue weighted by atomic mass is 16.5. The molecule has 0 saturated heterocycles. The molecule has 0 aliphatic carbocycles. The van der Waals surface area contributed by atoms with E-state index in [9.17, 15) is 14.4 Å². The fraction of sp³-hybridized carbons (Fsp3) is 0.400. The fourth-order valence-electron chi connectivity index (χ4n) is 1.92. The van der Waals surface area contributed by atoms with E-state index in [-0.39, 0.29) is 12.8 Å². The van der Waals surface area contributed by atoms with Crippen LogP contribution >= 0.6 is 0 Å². The highest BCUT2D eigenvalue weighted by Gasteiger charge is 2.25. The van der Waals surface area contributed by atoms with Gasteiger partial charge in [-0.25, -0.2) is 0 Å². The Morgan fingerprint density at radius 2 is 1.82 bits per heavy atom. The van der Waals surface area contributed by atoms with Gasteiger partial charge in [-0.15, -0.1) is 0 Å². The van der Waals surface area contributed by atoms with Gasteiger partial charge in [0.05, 0.1) is 19.6 Å². The highest BCUT2D eigenvalue weighted by Crippen LogP contribution is 2.04. The molecule has 0 fully saturated rings. The number of nitrogens with one attached hydrogen (secondary N) is 2. The van der Waals surface area contributed by atoms with E-state index in [1.807, 2.05) is 30.3 Å². The SMILES string of the molecule is CN[C@@H](CC(=O)OC)C(=O)N[C@@H](Cc1ccccc1)C(N)=O. The number of ether oxygens (including phenoxy) is 1. The van der Waals surface area contributed by atoms with Crippen LogP contribution in [0.3, 0.4) is 0 Å². The molecule has 0 bridgehead atoms. The molecule has 1 aromatic rings. The lowest BCUT2D eigenvalue weighted by atomic mass is 10.0. The average Bonchev–Trinajstić information content (AvgIpc) is 2.52. The van der Waals surface area contributed by atoms with Crippen LogP contribution in [0.4, 0.5) is 0 Å². The van der Waals surface area contributed by atoms with Crippen molar-refractivity contribution in [2.45, 2.75) is 24.9 Å². The van der Waals surface area contributed by atoms with E-state index < -0.39 is 29.9 Å². The number of methoxy groups -OCH3 is 1. The maximum absolute atomic E-state index is 12.1. The number of rotatable bonds is 8. The Kier molecular flexibility index (Phi) is 7.04. The minimum Gasteiger partial charge on any atom is -0.469 e. The molecule has 4 N–H and O–H groups in total. The van der Waals surface area contributed by atoms with Gasteiger partial charge in [0.2, 0.25) is 11.8 Å². The molecule has 0 spiro atoms. The lowest BCUT2D eigenvalue weighted by Gasteiger charge is -2.20. The molecule has 1 aromatic carbocycles. The smallest absolute Gasteiger partial charge is 0.307 e. The number of hydrogen-bond donors (Lipinski definition) is 3. The molecule has 0 saturated carbocycles. The number of esters is 1. The number of carbonyl (C=O) groups excluding carboxylic acids is 3. The van der Waals surface area contributed by atoms with Crippen molar-refractivity contribution in [3.05, 3.63) is 35.9 Å². The summed E-state index contributed by atoms with van der Waals surface area (Å²) in [4.78, 5) is 34.9. The Morgan fingerprint density at radius 1 is 1.18 bits per heavy atom. The minimum absolute atomic E-state index is 0.129. The molecule has 120 valence electrons. The van der Waals surface area contributed by atoms with Crippen LogP contribution in [0.1, 0.15) is 12.0 Å². The van der Waals surface area contributed by atoms with Crippen molar-refractivity contribution < 1.29 is 19.1 Å². The molecule has 2 atom stereocenters. The lowest BCUT2D eigenvalue weighted by Crippen LogP contribution is -2.52. The van der Waals surface area contributed by atoms with Crippen molar-refractivity contribution in [3.63, 3.8) is 0 Å². The third kappa shape index (κ3) is 5.53. The van der Waals surface area contributed by atoms with Crippen LogP contribution in [0.2, 0.25) is 0 Å². The standard InChI is InChI=1S/C15H21N3O4/c1-17-12(9-13(19)22-2)15(21)18-11(14(16)20)8-10-6-4-3-5-7-10/h3-7,11-12,17H,8-9H2,1-2H3,(H2,16,20)(H,18,21)/t11-,12-/m0/s1. The summed E-state index contributed by atoms with van der Waals surface area (Å²) in [5.74, 6) is -1.63. The molecule has 0 aliphatic heterocycles. The third-order valence-corrected chi connectivity index (χ3v) is 3.21. The van der Waals surface area contributed by atoms with Gasteiger partial charge in [-0.2, -0.15) is 0 Å². The summed E-state index contributed by atoms with van der Waals surface area (Å²) in [5, 5.41) is 5.27. The van der Waals surface area contributed by atoms with E-state index in [1.165, 1.54) is 7.11 Å². The average molecular weight is 307 g/mol. The zero-order chi connectivity index (χ0) is 16.5. The molecule has 0 radical (unpaired) electrons. The molecule has 22 heavy (non-hydrogen) atoms. The monoisotopic (exact) mass is 307 g/mol. The van der Waals surface area contributed by atoms with Crippen LogP contribution in [0.5, 0.6) is 0 Å². The van der Waals surface area contributed by atoms with E-state index in [1.54, 1.807) is 7.05 Å². The topological polar surface area (TPSA) is 111 Å². The first kappa shape index (κ1) is 17.6. The van der Waals surface area contributed by atoms with Crippen molar-refractivity contribution in [1.82, 2.24) is 10.6 Å². The second-order valence-electron chi connectivity index (χ2n) is 4.77. The third-order valence-electron chi connectivity index (χ3n) is 3.21. The molecule has 0 heterocycles. The fourth-order valence-corrected chi connectivity index (χ4v) is 1.92. The second kappa shape index (κ2) is 8.78. The molecule has 0 unspecified atom stereocenters. The van der Waals surface area contributed by atoms with Crippen LogP contribution in [0.15, 0.2) is 30.3 Å². The number of hydrogen-bond acceptors (Lipinski definition) is 5. The quantitative estimate of drug-likeness (QED) is 0.553. The molecule has 0 aliphatic rings. The van der Waals surface area contributed by atoms with Crippen molar-refractivity contribution in [2.24, 2.45) is 5.73 Å². The molecular formula is C15H21N3O4. The zero-order valence-electron chi connectivity index (χ0n) is 12.7. The van der Waals surface area contributed by atoms with Crippen LogP contribution in [0.25, 0.3) is 0 Å². The second-order valence-corrected chi connectivity index (χ2v) is 4.77. The summed E-state index contributed by atoms with van der Waals surface area (Å²) in [5.41, 5.74) is 6.21. The Bertz CT molecular complexity index is 519. The van der Waals surface area contributed by atoms with Gasteiger partial charge in [-0.3, -0.25) is 14.4 Å². The molecule has 2 amide bonds. The Hall–Kier alpha value is -2.41. The number of primary amides is 1. The van der Waals surface area contributed by atoms with Crippen molar-refractivity contribution in [2.75, 3.05) is 14.2 Å². The van der Waals surface area contributed by atoms with Gasteiger partial charge >= 0.3 is 5.97 Å². The van der Waals surface area contributed by atoms with Crippen molar-refractivity contribution in [3.8, 4) is 0 Å². The largest absolute Gasteiger partial charge is 0.469 e. The minimum atomic E-state index is -0.844. The maximum atomic E-state index is 12.1. The summed E-state index contributed by atoms with van der Waals surface area (Å²) in [7, 11) is 2.79. The van der Waals surface area contributed by atoms with Crippen LogP contribution in [0, 0.1) is 0 Å². The predicted molar refractivity (Wildman–Crippen MR) is 80.8 cm³/mol. The van der Waals surface area contributed by atoms with Gasteiger partial charge in [0.15, 0.2) is 0 Å². The normalized spacial score (nSPS) is 13.0. The van der Waals surface area contributed by atoms with Crippen LogP contribution in [-0.4, -0.2) is 44.0 Å². The van der Waals surface area contributed by atoms with E-state index >= 15 is 0 Å². The van der Waals surface area contributed by atoms with Crippen LogP contribution < -0.4 is 16.4 Å². The predicted octanol–water partition coefficient (Wildman–Crippen LogP) is -0.650. The highest BCUT2D eigenvalue weighted by molar-refractivity contribution is 5.91. The van der Waals surface area contributed by atoms with Gasteiger partial charge < -0.3 is 21.1 Å². The van der Waals surface area contributed by atoms with Gasteiger partial charge in [-0.1, -0.05) is 30.3 Å². The molecule has 0 aromatic heterocycles. The number of benzene rings is 1. The number of amides is 2. The Morgan fingerprint density at radius 3 is 2.32 bits per heavy atom. The van der Waals surface area contributed by atoms with Gasteiger partial charge in [0, 0.05) is 6.42 Å². The van der Waals surface area contributed by atoms with E-state index in [2.05, 4.69) is 15.4 Å². The number of carbonyl (C=O) groups is 3. The Balaban J connectivity index is 2.71. The lowest BCUT2D eigenvalue weighted by molar-refractivity contribution is -0.143. The summed E-state index contributed by atoms with van der Waals surface area (Å²) >= 11 is 0. The summed E-state index contributed by atoms with van der Waals surface area (Å²) in [6.45, 7) is 0. The molecule has 7 heteroatoms. The zero-order valence-corrected chi connectivity index (χ0v) is 12.7. The first-order valence-electron chi connectivity index (χ1n) is 6.85. The van der Waals surface area contributed by atoms with E-state index in [0.717, 1.165) is 5.56 Å². The first-order valence-corrected chi connectivity index (χ1v) is 6.85. The molecule has 7 nitrogen and oxygen atoms in total. The molecule has 1 rings (SSSR count). The maximum Gasteiger partial charge on any atom is 0.307 e. The van der Waals surface area contributed by atoms with Crippen molar-refractivity contribution >= 4 is 17.8 Å². The molecular weight excluding hydrogens is 286 g/mol. The first-order chi connectivity index (χ1) is 10.5. The van der Waals surface area contributed by atoms with Gasteiger partial charge in [0.25, 0.3) is 0 Å². The Labute approximate surface area is 129 Å². The number of likely N-dealkylation sites (N-methyl/N-ethyl adjacent to an activating group) is 1. The van der Waals surface area contributed by atoms with Crippen molar-refractivity contribution in [1.29, 1.82) is 0 Å². The van der Waals surface area contributed by atoms with Crippen LogP contribution in [-0.2, 0) is 25.5 Å². The summed E-state index contributed by atoms with van der Waals surface area (Å²) < 4.78 is 4.53. The summed E-state index contributed by atoms with van der Waals surface area (Å²) in [6.07, 6.45) is 0.159. The summed E-state index contributed by atoms with van der Waals surface area (Å²) in [6, 6.07) is 7.58.